The molecule has 1 aromatic carbocycles. The number of benzene rings is 1. The minimum absolute atomic E-state index is 0. The molecule has 0 atom stereocenters. The molecule has 0 fully saturated rings. The summed E-state index contributed by atoms with van der Waals surface area (Å²) in [5.74, 6) is -0.385. The summed E-state index contributed by atoms with van der Waals surface area (Å²) in [7, 11) is 0. The van der Waals surface area contributed by atoms with Crippen molar-refractivity contribution < 1.29 is 37.1 Å². The second-order valence-electron chi connectivity index (χ2n) is 3.63. The van der Waals surface area contributed by atoms with Crippen LogP contribution in [0.15, 0.2) is 38.0 Å². The summed E-state index contributed by atoms with van der Waals surface area (Å²) in [5.41, 5.74) is 0.598. The van der Waals surface area contributed by atoms with Crippen molar-refractivity contribution in [3.63, 3.8) is 0 Å². The summed E-state index contributed by atoms with van der Waals surface area (Å²) in [6.45, 7) is 2.28. The maximum atomic E-state index is 13.9. The maximum absolute atomic E-state index is 13.9. The zero-order valence-electron chi connectivity index (χ0n) is 10.1. The first-order valence-corrected chi connectivity index (χ1v) is 6.90. The predicted octanol–water partition coefficient (Wildman–Crippen LogP) is 4.00. The van der Waals surface area contributed by atoms with Crippen LogP contribution in [0.3, 0.4) is 0 Å². The van der Waals surface area contributed by atoms with Gasteiger partial charge in [0.2, 0.25) is 5.56 Å². The molecule has 2 nitrogen and oxygen atoms in total. The third-order valence-electron chi connectivity index (χ3n) is 2.57. The quantitative estimate of drug-likeness (QED) is 0.618. The number of hydrogen-bond acceptors (Lipinski definition) is 1. The maximum Gasteiger partial charge on any atom is 0.208 e. The molecule has 97 valence electrons. The zero-order valence-corrected chi connectivity index (χ0v) is 16.1. The van der Waals surface area contributed by atoms with Crippen molar-refractivity contribution >= 4 is 31.9 Å². The van der Waals surface area contributed by atoms with E-state index in [1.807, 2.05) is 6.92 Å². The third-order valence-corrected chi connectivity index (χ3v) is 3.80. The van der Waals surface area contributed by atoms with E-state index in [0.717, 1.165) is 0 Å². The van der Waals surface area contributed by atoms with E-state index in [0.29, 0.717) is 26.7 Å². The molecule has 2 rings (SSSR count). The summed E-state index contributed by atoms with van der Waals surface area (Å²) in [6, 6.07) is 9.16. The van der Waals surface area contributed by atoms with E-state index in [1.165, 1.54) is 16.7 Å². The van der Waals surface area contributed by atoms with E-state index in [2.05, 4.69) is 37.9 Å². The zero-order chi connectivity index (χ0) is 13.3. The Balaban J connectivity index is 0.00000180. The number of pyridine rings is 1. The number of nitrogens with zero attached hydrogens (tertiary/aromatic N) is 1. The molecule has 0 bridgehead atoms. The van der Waals surface area contributed by atoms with Crippen LogP contribution in [0.25, 0.3) is 11.3 Å². The summed E-state index contributed by atoms with van der Waals surface area (Å²) < 4.78 is 16.4. The molecule has 0 saturated carbocycles. The molecule has 0 amide bonds. The molecule has 0 unspecified atom stereocenters. The molecule has 0 aliphatic heterocycles. The van der Waals surface area contributed by atoms with Crippen LogP contribution in [0.2, 0.25) is 0 Å². The van der Waals surface area contributed by atoms with E-state index in [1.54, 1.807) is 12.1 Å². The fourth-order valence-corrected chi connectivity index (χ4v) is 2.59. The molecule has 6 heteroatoms. The van der Waals surface area contributed by atoms with Crippen molar-refractivity contribution in [2.24, 2.45) is 0 Å². The molecule has 0 spiro atoms. The third kappa shape index (κ3) is 3.44. The Labute approximate surface area is 152 Å². The van der Waals surface area contributed by atoms with Gasteiger partial charge < -0.3 is 4.57 Å². The van der Waals surface area contributed by atoms with Gasteiger partial charge in [-0.15, -0.1) is 15.9 Å². The Hall–Kier alpha value is 0.164. The average molecular weight is 463 g/mol. The van der Waals surface area contributed by atoms with Crippen LogP contribution in [-0.2, 0) is 39.3 Å². The van der Waals surface area contributed by atoms with Gasteiger partial charge in [-0.25, -0.2) is 4.39 Å². The van der Waals surface area contributed by atoms with Crippen LogP contribution >= 0.6 is 31.9 Å². The van der Waals surface area contributed by atoms with Crippen molar-refractivity contribution in [1.29, 1.82) is 0 Å². The SMILES string of the molecule is CCn1c(-c2c(F)cccc2Br)[c-]cc(Br)c1=O.[Y]. The van der Waals surface area contributed by atoms with Gasteiger partial charge in [-0.2, -0.15) is 12.1 Å². The fourth-order valence-electron chi connectivity index (χ4n) is 1.73. The van der Waals surface area contributed by atoms with Crippen LogP contribution in [0, 0.1) is 11.9 Å². The summed E-state index contributed by atoms with van der Waals surface area (Å²) in [6.07, 6.45) is 0. The first kappa shape index (κ1) is 17.2. The smallest absolute Gasteiger partial charge is 0.208 e. The van der Waals surface area contributed by atoms with E-state index in [9.17, 15) is 9.18 Å². The number of rotatable bonds is 2. The largest absolute Gasteiger partial charge is 0.342 e. The second kappa shape index (κ2) is 7.25. The van der Waals surface area contributed by atoms with Gasteiger partial charge in [0.15, 0.2) is 0 Å². The molecule has 0 saturated heterocycles. The number of aromatic nitrogens is 1. The minimum Gasteiger partial charge on any atom is -0.342 e. The Bertz CT molecular complexity index is 637. The van der Waals surface area contributed by atoms with Gasteiger partial charge in [0, 0.05) is 39.3 Å². The summed E-state index contributed by atoms with van der Waals surface area (Å²) in [5, 5.41) is 0. The molecular formula is C13H9Br2FNOY-. The Morgan fingerprint density at radius 3 is 2.58 bits per heavy atom. The summed E-state index contributed by atoms with van der Waals surface area (Å²) in [4.78, 5) is 12.0. The molecule has 1 aromatic heterocycles. The first-order valence-electron chi connectivity index (χ1n) is 5.31. The monoisotopic (exact) mass is 461 g/mol. The van der Waals surface area contributed by atoms with Crippen LogP contribution in [0.1, 0.15) is 6.92 Å². The van der Waals surface area contributed by atoms with Gasteiger partial charge in [-0.1, -0.05) is 39.3 Å². The molecular weight excluding hydrogens is 454 g/mol. The van der Waals surface area contributed by atoms with E-state index >= 15 is 0 Å². The van der Waals surface area contributed by atoms with E-state index in [-0.39, 0.29) is 44.1 Å². The van der Waals surface area contributed by atoms with Gasteiger partial charge in [0.05, 0.1) is 5.82 Å². The van der Waals surface area contributed by atoms with Gasteiger partial charge >= 0.3 is 0 Å². The van der Waals surface area contributed by atoms with Gasteiger partial charge in [0.1, 0.15) is 0 Å². The van der Waals surface area contributed by atoms with Crippen molar-refractivity contribution in [3.05, 3.63) is 55.4 Å². The molecule has 0 aliphatic carbocycles. The number of hydrogen-bond donors (Lipinski definition) is 0. The molecule has 19 heavy (non-hydrogen) atoms. The van der Waals surface area contributed by atoms with Crippen molar-refractivity contribution in [2.75, 3.05) is 0 Å². The van der Waals surface area contributed by atoms with Crippen molar-refractivity contribution in [3.8, 4) is 11.3 Å². The predicted molar refractivity (Wildman–Crippen MR) is 76.0 cm³/mol. The normalized spacial score (nSPS) is 10.1. The van der Waals surface area contributed by atoms with Crippen LogP contribution in [0.5, 0.6) is 0 Å². The van der Waals surface area contributed by atoms with Crippen LogP contribution in [0.4, 0.5) is 4.39 Å². The first-order chi connectivity index (χ1) is 8.56. The Kier molecular flexibility index (Phi) is 6.57. The average Bonchev–Trinajstić information content (AvgIpc) is 2.33. The standard InChI is InChI=1S/C13H9Br2FNO.Y/c1-2-17-11(7-6-9(15)13(17)18)12-8(14)4-3-5-10(12)16;/h3-6H,2H2,1H3;/q-1;. The number of halogens is 3. The topological polar surface area (TPSA) is 22.0 Å². The van der Waals surface area contributed by atoms with Crippen molar-refractivity contribution in [2.45, 2.75) is 13.5 Å². The van der Waals surface area contributed by atoms with Crippen LogP contribution < -0.4 is 5.56 Å². The van der Waals surface area contributed by atoms with Crippen LogP contribution in [-0.4, -0.2) is 4.57 Å². The van der Waals surface area contributed by atoms with Gasteiger partial charge in [-0.3, -0.25) is 4.79 Å². The van der Waals surface area contributed by atoms with Crippen molar-refractivity contribution in [1.82, 2.24) is 4.57 Å². The van der Waals surface area contributed by atoms with E-state index in [4.69, 9.17) is 0 Å². The Morgan fingerprint density at radius 1 is 1.32 bits per heavy atom. The minimum atomic E-state index is -0.385. The van der Waals surface area contributed by atoms with Gasteiger partial charge in [0.25, 0.3) is 0 Å². The molecule has 1 radical (unpaired) electrons. The molecule has 0 N–H and O–H groups in total. The summed E-state index contributed by atoms with van der Waals surface area (Å²) >= 11 is 6.46. The van der Waals surface area contributed by atoms with Gasteiger partial charge in [-0.05, 0) is 21.9 Å². The molecule has 0 aliphatic rings. The second-order valence-corrected chi connectivity index (χ2v) is 5.34. The Morgan fingerprint density at radius 2 is 2.00 bits per heavy atom. The molecule has 2 aromatic rings. The fraction of sp³-hybridized carbons (Fsp3) is 0.154. The molecule has 1 heterocycles. The van der Waals surface area contributed by atoms with E-state index < -0.39 is 0 Å².